The van der Waals surface area contributed by atoms with Crippen molar-refractivity contribution in [1.29, 1.82) is 0 Å². The fourth-order valence-electron chi connectivity index (χ4n) is 1.92. The van der Waals surface area contributed by atoms with Gasteiger partial charge in [-0.15, -0.1) is 0 Å². The topological polar surface area (TPSA) is 71.1 Å². The number of hydrogen-bond acceptors (Lipinski definition) is 4. The molecule has 0 radical (unpaired) electrons. The van der Waals surface area contributed by atoms with Gasteiger partial charge in [-0.05, 0) is 0 Å². The fraction of sp³-hybridized carbons (Fsp3) is 0.0625. The monoisotopic (exact) mass is 391 g/mol. The predicted molar refractivity (Wildman–Crippen MR) is 92.6 cm³/mol. The Morgan fingerprint density at radius 1 is 1.13 bits per heavy atom. The van der Waals surface area contributed by atoms with Crippen LogP contribution in [0, 0.1) is 6.92 Å². The summed E-state index contributed by atoms with van der Waals surface area (Å²) in [6.45, 7) is 1.97. The first-order valence-corrected chi connectivity index (χ1v) is 9.40. The summed E-state index contributed by atoms with van der Waals surface area (Å²) in [5.74, 6) is -0.367. The molecule has 0 atom stereocenters. The quantitative estimate of drug-likeness (QED) is 0.673. The first-order chi connectivity index (χ1) is 11.1. The average molecular weight is 390 g/mol. The minimum atomic E-state index is -0.305. The zero-order valence-corrected chi connectivity index (χ0v) is 14.7. The standard InChI is InChI=1S/C16H13N3O2SSe/c1-10-4-2-5-11(8-10)18-15(21)13-9-17-16(23-13)19-14(20)12-6-3-7-22-12/h2-9H,1H3,(H,18,21)(H,17,19,20). The molecule has 0 aliphatic heterocycles. The van der Waals surface area contributed by atoms with E-state index in [1.807, 2.05) is 42.6 Å². The zero-order valence-electron chi connectivity index (χ0n) is 12.2. The molecule has 2 N–H and O–H groups in total. The summed E-state index contributed by atoms with van der Waals surface area (Å²) in [7, 11) is 0. The molecular weight excluding hydrogens is 377 g/mol. The second kappa shape index (κ2) is 6.91. The van der Waals surface area contributed by atoms with E-state index in [1.165, 1.54) is 17.5 Å². The van der Waals surface area contributed by atoms with Crippen LogP contribution in [0.1, 0.15) is 24.5 Å². The van der Waals surface area contributed by atoms with Crippen molar-refractivity contribution in [3.8, 4) is 0 Å². The van der Waals surface area contributed by atoms with E-state index < -0.39 is 0 Å². The maximum atomic E-state index is 12.2. The summed E-state index contributed by atoms with van der Waals surface area (Å²) in [5.41, 5.74) is 1.83. The molecule has 2 aromatic heterocycles. The third kappa shape index (κ3) is 3.96. The Morgan fingerprint density at radius 2 is 2.00 bits per heavy atom. The van der Waals surface area contributed by atoms with Gasteiger partial charge in [-0.1, -0.05) is 0 Å². The fourth-order valence-corrected chi connectivity index (χ4v) is 4.02. The summed E-state index contributed by atoms with van der Waals surface area (Å²) in [6.07, 6.45) is 1.52. The van der Waals surface area contributed by atoms with E-state index in [9.17, 15) is 9.59 Å². The number of nitrogens with one attached hydrogen (secondary N) is 2. The van der Waals surface area contributed by atoms with Crippen LogP contribution < -0.4 is 10.6 Å². The van der Waals surface area contributed by atoms with Crippen molar-refractivity contribution in [3.05, 3.63) is 62.9 Å². The van der Waals surface area contributed by atoms with E-state index in [-0.39, 0.29) is 26.3 Å². The molecule has 5 nitrogen and oxygen atoms in total. The molecule has 0 spiro atoms. The van der Waals surface area contributed by atoms with Gasteiger partial charge in [0.05, 0.1) is 0 Å². The third-order valence-electron chi connectivity index (χ3n) is 2.97. The third-order valence-corrected chi connectivity index (χ3v) is 5.75. The van der Waals surface area contributed by atoms with E-state index >= 15 is 0 Å². The molecule has 3 aromatic rings. The van der Waals surface area contributed by atoms with Crippen molar-refractivity contribution in [2.45, 2.75) is 6.92 Å². The van der Waals surface area contributed by atoms with Crippen LogP contribution in [0.25, 0.3) is 0 Å². The average Bonchev–Trinajstić information content (AvgIpc) is 3.18. The van der Waals surface area contributed by atoms with Crippen LogP contribution in [-0.4, -0.2) is 31.3 Å². The Morgan fingerprint density at radius 3 is 2.74 bits per heavy atom. The molecule has 0 saturated carbocycles. The number of aryl methyl sites for hydroxylation is 1. The van der Waals surface area contributed by atoms with E-state index in [0.29, 0.717) is 14.0 Å². The number of nitrogens with zero attached hydrogens (tertiary/aromatic N) is 1. The van der Waals surface area contributed by atoms with Crippen LogP contribution >= 0.6 is 11.3 Å². The van der Waals surface area contributed by atoms with Gasteiger partial charge in [-0.2, -0.15) is 0 Å². The van der Waals surface area contributed by atoms with E-state index in [4.69, 9.17) is 0 Å². The summed E-state index contributed by atoms with van der Waals surface area (Å²) in [4.78, 5) is 29.0. The molecule has 23 heavy (non-hydrogen) atoms. The Labute approximate surface area is 143 Å². The second-order valence-electron chi connectivity index (χ2n) is 4.78. The molecule has 0 bridgehead atoms. The summed E-state index contributed by atoms with van der Waals surface area (Å²) < 4.78 is 1.13. The van der Waals surface area contributed by atoms with Crippen molar-refractivity contribution in [2.75, 3.05) is 10.6 Å². The van der Waals surface area contributed by atoms with Gasteiger partial charge in [-0.3, -0.25) is 0 Å². The summed E-state index contributed by atoms with van der Waals surface area (Å²) in [6, 6.07) is 11.2. The Hall–Kier alpha value is -2.21. The first kappa shape index (κ1) is 15.7. The van der Waals surface area contributed by atoms with Crippen molar-refractivity contribution < 1.29 is 9.59 Å². The number of hydrogen-bond donors (Lipinski definition) is 2. The second-order valence-corrected chi connectivity index (χ2v) is 7.89. The number of thiophene rings is 1. The number of anilines is 2. The van der Waals surface area contributed by atoms with Gasteiger partial charge in [-0.25, -0.2) is 0 Å². The number of rotatable bonds is 4. The number of carbonyl (C=O) groups excluding carboxylic acids is 2. The minimum absolute atomic E-state index is 0.181. The number of carbonyl (C=O) groups is 2. The molecular formula is C16H13N3O2SSe. The molecule has 0 aliphatic rings. The van der Waals surface area contributed by atoms with Crippen molar-refractivity contribution in [2.24, 2.45) is 0 Å². The maximum absolute atomic E-state index is 12.2. The predicted octanol–water partition coefficient (Wildman–Crippen LogP) is 3.01. The molecule has 3 rings (SSSR count). The number of benzene rings is 1. The molecule has 0 saturated heterocycles. The normalized spacial score (nSPS) is 10.3. The zero-order chi connectivity index (χ0) is 16.2. The Balaban J connectivity index is 1.66. The van der Waals surface area contributed by atoms with Crippen LogP contribution in [0.3, 0.4) is 0 Å². The molecule has 2 heterocycles. The van der Waals surface area contributed by atoms with Crippen LogP contribution in [0.4, 0.5) is 10.4 Å². The molecule has 0 unspecified atom stereocenters. The van der Waals surface area contributed by atoms with Gasteiger partial charge in [0.2, 0.25) is 0 Å². The number of amides is 2. The van der Waals surface area contributed by atoms with Gasteiger partial charge in [0.1, 0.15) is 0 Å². The first-order valence-electron chi connectivity index (χ1n) is 6.80. The molecule has 2 amide bonds. The van der Waals surface area contributed by atoms with Crippen LogP contribution in [0.15, 0.2) is 48.0 Å². The molecule has 0 aliphatic carbocycles. The molecule has 0 fully saturated rings. The number of aromatic nitrogens is 1. The molecule has 116 valence electrons. The van der Waals surface area contributed by atoms with Crippen molar-refractivity contribution >= 4 is 48.0 Å². The Kier molecular flexibility index (Phi) is 4.71. The summed E-state index contributed by atoms with van der Waals surface area (Å²) >= 11 is 1.06. The van der Waals surface area contributed by atoms with E-state index in [1.54, 1.807) is 6.07 Å². The van der Waals surface area contributed by atoms with Crippen molar-refractivity contribution in [3.63, 3.8) is 0 Å². The summed E-state index contributed by atoms with van der Waals surface area (Å²) in [5, 5.41) is 7.45. The van der Waals surface area contributed by atoms with Crippen LogP contribution in [0.2, 0.25) is 0 Å². The van der Waals surface area contributed by atoms with Crippen molar-refractivity contribution in [1.82, 2.24) is 4.98 Å². The van der Waals surface area contributed by atoms with E-state index in [0.717, 1.165) is 11.3 Å². The molecule has 7 heteroatoms. The van der Waals surface area contributed by atoms with Gasteiger partial charge in [0.25, 0.3) is 0 Å². The van der Waals surface area contributed by atoms with Gasteiger partial charge in [0, 0.05) is 0 Å². The SMILES string of the molecule is Cc1cccc(NC(=O)c2cnc(NC(=O)c3cccs3)[se]2)c1. The van der Waals surface area contributed by atoms with E-state index in [2.05, 4.69) is 15.6 Å². The Bertz CT molecular complexity index is 843. The van der Waals surface area contributed by atoms with Gasteiger partial charge >= 0.3 is 143 Å². The van der Waals surface area contributed by atoms with Crippen LogP contribution in [0.5, 0.6) is 0 Å². The van der Waals surface area contributed by atoms with Gasteiger partial charge < -0.3 is 0 Å². The van der Waals surface area contributed by atoms with Gasteiger partial charge in [0.15, 0.2) is 0 Å². The molecule has 1 aromatic carbocycles. The van der Waals surface area contributed by atoms with Crippen LogP contribution in [-0.2, 0) is 0 Å².